The normalized spacial score (nSPS) is 15.4. The van der Waals surface area contributed by atoms with Gasteiger partial charge in [-0.3, -0.25) is 9.69 Å². The standard InChI is InChI=1S/C21H20N2O/c24-21-19(14-18-8-4-5-9-20(18)22-21)15-23-12-10-17(11-13-23)16-6-2-1-3-7-16/h1-10,14H,11-13,15H2,(H,22,24). The van der Waals surface area contributed by atoms with Gasteiger partial charge in [0.2, 0.25) is 0 Å². The Morgan fingerprint density at radius 3 is 2.58 bits per heavy atom. The number of nitrogens with zero attached hydrogens (tertiary/aromatic N) is 1. The van der Waals surface area contributed by atoms with Gasteiger partial charge in [-0.15, -0.1) is 0 Å². The molecular formula is C21H20N2O. The van der Waals surface area contributed by atoms with E-state index < -0.39 is 0 Å². The molecule has 2 aromatic carbocycles. The number of para-hydroxylation sites is 1. The van der Waals surface area contributed by atoms with Gasteiger partial charge in [0.05, 0.1) is 0 Å². The number of hydrogen-bond acceptors (Lipinski definition) is 2. The van der Waals surface area contributed by atoms with Crippen molar-refractivity contribution in [1.29, 1.82) is 0 Å². The lowest BCUT2D eigenvalue weighted by atomic mass is 9.99. The van der Waals surface area contributed by atoms with Crippen molar-refractivity contribution in [2.45, 2.75) is 13.0 Å². The Balaban J connectivity index is 1.52. The molecule has 0 aliphatic carbocycles. The van der Waals surface area contributed by atoms with Crippen LogP contribution in [-0.4, -0.2) is 23.0 Å². The highest BCUT2D eigenvalue weighted by molar-refractivity contribution is 5.78. The second-order valence-electron chi connectivity index (χ2n) is 6.29. The van der Waals surface area contributed by atoms with Crippen LogP contribution in [0.2, 0.25) is 0 Å². The molecule has 0 fully saturated rings. The summed E-state index contributed by atoms with van der Waals surface area (Å²) in [4.78, 5) is 17.6. The highest BCUT2D eigenvalue weighted by Crippen LogP contribution is 2.22. The molecule has 1 aliphatic heterocycles. The summed E-state index contributed by atoms with van der Waals surface area (Å²) in [5.41, 5.74) is 4.47. The molecule has 0 amide bonds. The molecule has 24 heavy (non-hydrogen) atoms. The third-order valence-corrected chi connectivity index (χ3v) is 4.66. The molecule has 0 spiro atoms. The number of hydrogen-bond donors (Lipinski definition) is 1. The molecule has 3 nitrogen and oxygen atoms in total. The van der Waals surface area contributed by atoms with E-state index in [0.29, 0.717) is 6.54 Å². The summed E-state index contributed by atoms with van der Waals surface area (Å²) in [7, 11) is 0. The smallest absolute Gasteiger partial charge is 0.252 e. The van der Waals surface area contributed by atoms with E-state index in [-0.39, 0.29) is 5.56 Å². The van der Waals surface area contributed by atoms with E-state index in [4.69, 9.17) is 0 Å². The number of pyridine rings is 1. The van der Waals surface area contributed by atoms with E-state index in [1.807, 2.05) is 36.4 Å². The molecule has 0 unspecified atom stereocenters. The van der Waals surface area contributed by atoms with Crippen molar-refractivity contribution >= 4 is 16.5 Å². The first-order chi connectivity index (χ1) is 11.8. The lowest BCUT2D eigenvalue weighted by molar-refractivity contribution is 0.293. The van der Waals surface area contributed by atoms with Crippen molar-refractivity contribution in [2.75, 3.05) is 13.1 Å². The highest BCUT2D eigenvalue weighted by Gasteiger charge is 2.14. The molecule has 0 radical (unpaired) electrons. The maximum atomic E-state index is 12.3. The zero-order chi connectivity index (χ0) is 16.4. The van der Waals surface area contributed by atoms with Crippen LogP contribution >= 0.6 is 0 Å². The quantitative estimate of drug-likeness (QED) is 0.797. The number of aromatic amines is 1. The number of rotatable bonds is 3. The van der Waals surface area contributed by atoms with E-state index in [1.165, 1.54) is 11.1 Å². The minimum absolute atomic E-state index is 0.0199. The molecule has 2 heterocycles. The summed E-state index contributed by atoms with van der Waals surface area (Å²) < 4.78 is 0. The molecule has 3 aromatic rings. The average molecular weight is 316 g/mol. The fourth-order valence-electron chi connectivity index (χ4n) is 3.32. The second-order valence-corrected chi connectivity index (χ2v) is 6.29. The molecule has 0 bridgehead atoms. The van der Waals surface area contributed by atoms with Gasteiger partial charge in [-0.05, 0) is 35.1 Å². The second kappa shape index (κ2) is 6.46. The third kappa shape index (κ3) is 3.03. The van der Waals surface area contributed by atoms with Crippen LogP contribution in [0.4, 0.5) is 0 Å². The van der Waals surface area contributed by atoms with Crippen LogP contribution in [0, 0.1) is 0 Å². The summed E-state index contributed by atoms with van der Waals surface area (Å²) in [6.07, 6.45) is 3.31. The molecular weight excluding hydrogens is 296 g/mol. The van der Waals surface area contributed by atoms with E-state index in [2.05, 4.69) is 40.2 Å². The Hall–Kier alpha value is -2.65. The molecule has 120 valence electrons. The van der Waals surface area contributed by atoms with Gasteiger partial charge in [-0.1, -0.05) is 54.6 Å². The molecule has 1 N–H and O–H groups in total. The first-order valence-electron chi connectivity index (χ1n) is 8.37. The molecule has 3 heteroatoms. The van der Waals surface area contributed by atoms with Gasteiger partial charge < -0.3 is 4.98 Å². The van der Waals surface area contributed by atoms with E-state index in [9.17, 15) is 4.79 Å². The van der Waals surface area contributed by atoms with Crippen molar-refractivity contribution in [3.63, 3.8) is 0 Å². The summed E-state index contributed by atoms with van der Waals surface area (Å²) in [6, 6.07) is 20.5. The van der Waals surface area contributed by atoms with Crippen molar-refractivity contribution in [3.05, 3.63) is 88.2 Å². The van der Waals surface area contributed by atoms with Gasteiger partial charge in [0.25, 0.3) is 5.56 Å². The molecule has 0 saturated heterocycles. The molecule has 0 atom stereocenters. The zero-order valence-corrected chi connectivity index (χ0v) is 13.5. The Kier molecular flexibility index (Phi) is 4.01. The maximum absolute atomic E-state index is 12.3. The van der Waals surface area contributed by atoms with Gasteiger partial charge >= 0.3 is 0 Å². The predicted octanol–water partition coefficient (Wildman–Crippen LogP) is 3.82. The fourth-order valence-corrected chi connectivity index (χ4v) is 3.32. The molecule has 1 aromatic heterocycles. The van der Waals surface area contributed by atoms with Crippen LogP contribution in [0.3, 0.4) is 0 Å². The first-order valence-corrected chi connectivity index (χ1v) is 8.37. The summed E-state index contributed by atoms with van der Waals surface area (Å²) >= 11 is 0. The number of H-pyrrole nitrogens is 1. The number of fused-ring (bicyclic) bond motifs is 1. The molecule has 0 saturated carbocycles. The maximum Gasteiger partial charge on any atom is 0.252 e. The van der Waals surface area contributed by atoms with Gasteiger partial charge in [0, 0.05) is 30.7 Å². The van der Waals surface area contributed by atoms with Crippen LogP contribution in [0.5, 0.6) is 0 Å². The van der Waals surface area contributed by atoms with Crippen LogP contribution in [0.25, 0.3) is 16.5 Å². The number of benzene rings is 2. The third-order valence-electron chi connectivity index (χ3n) is 4.66. The van der Waals surface area contributed by atoms with Crippen molar-refractivity contribution in [2.24, 2.45) is 0 Å². The van der Waals surface area contributed by atoms with E-state index in [1.54, 1.807) is 0 Å². The zero-order valence-electron chi connectivity index (χ0n) is 13.5. The Labute approximate surface area is 141 Å². The highest BCUT2D eigenvalue weighted by atomic mass is 16.1. The number of aromatic nitrogens is 1. The fraction of sp³-hybridized carbons (Fsp3) is 0.190. The first kappa shape index (κ1) is 14.9. The topological polar surface area (TPSA) is 36.1 Å². The minimum Gasteiger partial charge on any atom is -0.322 e. The van der Waals surface area contributed by atoms with Crippen molar-refractivity contribution in [3.8, 4) is 0 Å². The van der Waals surface area contributed by atoms with Crippen LogP contribution in [0.1, 0.15) is 17.5 Å². The minimum atomic E-state index is 0.0199. The summed E-state index contributed by atoms with van der Waals surface area (Å²) in [6.45, 7) is 2.56. The lowest BCUT2D eigenvalue weighted by Gasteiger charge is -2.26. The van der Waals surface area contributed by atoms with Gasteiger partial charge in [-0.2, -0.15) is 0 Å². The van der Waals surface area contributed by atoms with Crippen LogP contribution < -0.4 is 5.56 Å². The summed E-state index contributed by atoms with van der Waals surface area (Å²) in [5.74, 6) is 0. The molecule has 4 rings (SSSR count). The van der Waals surface area contributed by atoms with Gasteiger partial charge in [0.1, 0.15) is 0 Å². The van der Waals surface area contributed by atoms with Gasteiger partial charge in [0.15, 0.2) is 0 Å². The molecule has 1 aliphatic rings. The number of nitrogens with one attached hydrogen (secondary N) is 1. The van der Waals surface area contributed by atoms with E-state index >= 15 is 0 Å². The lowest BCUT2D eigenvalue weighted by Crippen LogP contribution is -2.30. The Morgan fingerprint density at radius 2 is 1.79 bits per heavy atom. The van der Waals surface area contributed by atoms with Gasteiger partial charge in [-0.25, -0.2) is 0 Å². The van der Waals surface area contributed by atoms with E-state index in [0.717, 1.165) is 36.0 Å². The Morgan fingerprint density at radius 1 is 1.00 bits per heavy atom. The monoisotopic (exact) mass is 316 g/mol. The summed E-state index contributed by atoms with van der Waals surface area (Å²) in [5, 5.41) is 1.09. The average Bonchev–Trinajstić information content (AvgIpc) is 2.64. The van der Waals surface area contributed by atoms with Crippen molar-refractivity contribution < 1.29 is 0 Å². The van der Waals surface area contributed by atoms with Crippen LogP contribution in [-0.2, 0) is 6.54 Å². The SMILES string of the molecule is O=c1[nH]c2ccccc2cc1CN1CC=C(c2ccccc2)CC1. The van der Waals surface area contributed by atoms with Crippen LogP contribution in [0.15, 0.2) is 71.5 Å². The predicted molar refractivity (Wildman–Crippen MR) is 98.9 cm³/mol. The van der Waals surface area contributed by atoms with Crippen molar-refractivity contribution in [1.82, 2.24) is 9.88 Å². The Bertz CT molecular complexity index is 941. The largest absolute Gasteiger partial charge is 0.322 e.